The molecule has 0 spiro atoms. The summed E-state index contributed by atoms with van der Waals surface area (Å²) in [4.78, 5) is 18.2. The van der Waals surface area contributed by atoms with Gasteiger partial charge in [-0.05, 0) is 51.2 Å². The van der Waals surface area contributed by atoms with Crippen molar-refractivity contribution < 1.29 is 13.2 Å². The molecule has 2 aromatic heterocycles. The molecule has 4 rings (SSSR count). The van der Waals surface area contributed by atoms with Gasteiger partial charge in [0.05, 0.1) is 29.3 Å². The van der Waals surface area contributed by atoms with Gasteiger partial charge in [0, 0.05) is 35.9 Å². The Morgan fingerprint density at radius 3 is 2.75 bits per heavy atom. The first-order valence-electron chi connectivity index (χ1n) is 11.2. The van der Waals surface area contributed by atoms with Gasteiger partial charge < -0.3 is 5.32 Å². The zero-order chi connectivity index (χ0) is 22.7. The number of nitrogens with zero attached hydrogens (tertiary/aromatic N) is 4. The minimum atomic E-state index is -2.39. The Morgan fingerprint density at radius 1 is 1.25 bits per heavy atom. The van der Waals surface area contributed by atoms with Gasteiger partial charge in [-0.2, -0.15) is 0 Å². The number of alkyl halides is 3. The summed E-state index contributed by atoms with van der Waals surface area (Å²) >= 11 is 0. The average Bonchev–Trinajstić information content (AvgIpc) is 3.18. The highest BCUT2D eigenvalue weighted by Crippen LogP contribution is 2.36. The van der Waals surface area contributed by atoms with Crippen molar-refractivity contribution in [2.75, 3.05) is 11.9 Å². The molecule has 0 unspecified atom stereocenters. The topological polar surface area (TPSA) is 63.1 Å². The highest BCUT2D eigenvalue weighted by Gasteiger charge is 2.36. The highest BCUT2D eigenvalue weighted by molar-refractivity contribution is 5.85. The number of allylic oxidation sites excluding steroid dienone is 1. The quantitative estimate of drug-likeness (QED) is 0.493. The molecule has 0 aliphatic heterocycles. The van der Waals surface area contributed by atoms with Crippen molar-refractivity contribution in [3.8, 4) is 0 Å². The van der Waals surface area contributed by atoms with E-state index in [-0.39, 0.29) is 19.4 Å². The molecule has 0 radical (unpaired) electrons. The number of hydrogen-bond donors (Lipinski definition) is 1. The Bertz CT molecular complexity index is 1040. The van der Waals surface area contributed by atoms with Gasteiger partial charge >= 0.3 is 0 Å². The van der Waals surface area contributed by atoms with Crippen LogP contribution in [0.15, 0.2) is 29.4 Å². The van der Waals surface area contributed by atoms with E-state index in [1.165, 1.54) is 0 Å². The third kappa shape index (κ3) is 5.00. The van der Waals surface area contributed by atoms with Crippen molar-refractivity contribution in [3.63, 3.8) is 0 Å². The van der Waals surface area contributed by atoms with Crippen molar-refractivity contribution in [1.82, 2.24) is 15.0 Å². The molecule has 5 nitrogen and oxygen atoms in total. The lowest BCUT2D eigenvalue weighted by atomic mass is 9.82. The van der Waals surface area contributed by atoms with Crippen LogP contribution >= 0.6 is 0 Å². The summed E-state index contributed by atoms with van der Waals surface area (Å²) < 4.78 is 40.0. The number of anilines is 1. The lowest BCUT2D eigenvalue weighted by molar-refractivity contribution is 0.0782. The fourth-order valence-corrected chi connectivity index (χ4v) is 3.87. The molecular weight excluding hydrogens is 415 g/mol. The first-order valence-corrected chi connectivity index (χ1v) is 11.2. The Hall–Kier alpha value is -2.77. The number of nitrogens with one attached hydrogen (secondary N) is 1. The van der Waals surface area contributed by atoms with E-state index in [1.54, 1.807) is 6.20 Å². The summed E-state index contributed by atoms with van der Waals surface area (Å²) in [5.41, 5.74) is 4.27. The van der Waals surface area contributed by atoms with Gasteiger partial charge in [0.1, 0.15) is 5.67 Å². The molecule has 1 saturated carbocycles. The maximum Gasteiger partial charge on any atom is 0.239 e. The molecule has 1 fully saturated rings. The number of aliphatic imine (C=N–C) groups is 1. The second-order valence-corrected chi connectivity index (χ2v) is 8.53. The number of fused-ring (bicyclic) bond motifs is 1. The first-order chi connectivity index (χ1) is 15.4. The van der Waals surface area contributed by atoms with Crippen LogP contribution in [-0.4, -0.2) is 39.3 Å². The molecule has 0 aromatic carbocycles. The van der Waals surface area contributed by atoms with Gasteiger partial charge in [-0.3, -0.25) is 9.98 Å². The Labute approximate surface area is 186 Å². The third-order valence-corrected chi connectivity index (χ3v) is 6.12. The second kappa shape index (κ2) is 9.38. The summed E-state index contributed by atoms with van der Waals surface area (Å²) in [5.74, 6) is 0.424. The summed E-state index contributed by atoms with van der Waals surface area (Å²) in [6, 6.07) is 3.71. The monoisotopic (exact) mass is 443 g/mol. The van der Waals surface area contributed by atoms with Crippen molar-refractivity contribution in [2.45, 2.75) is 70.9 Å². The highest BCUT2D eigenvalue weighted by atomic mass is 19.3. The van der Waals surface area contributed by atoms with Gasteiger partial charge in [-0.25, -0.2) is 23.1 Å². The molecule has 170 valence electrons. The first kappa shape index (κ1) is 22.4. The number of aryl methyl sites for hydroxylation is 1. The fraction of sp³-hybridized carbons (Fsp3) is 0.500. The van der Waals surface area contributed by atoms with E-state index in [1.807, 2.05) is 32.1 Å². The predicted molar refractivity (Wildman–Crippen MR) is 121 cm³/mol. The van der Waals surface area contributed by atoms with E-state index >= 15 is 0 Å². The van der Waals surface area contributed by atoms with Gasteiger partial charge in [0.15, 0.2) is 0 Å². The van der Waals surface area contributed by atoms with Crippen LogP contribution in [0.25, 0.3) is 5.57 Å². The molecule has 2 heterocycles. The Balaban J connectivity index is 1.56. The Kier molecular flexibility index (Phi) is 6.58. The zero-order valence-corrected chi connectivity index (χ0v) is 18.5. The largest absolute Gasteiger partial charge is 0.351 e. The van der Waals surface area contributed by atoms with E-state index in [9.17, 15) is 13.2 Å². The summed E-state index contributed by atoms with van der Waals surface area (Å²) in [6.07, 6.45) is 4.73. The molecule has 0 amide bonds. The Morgan fingerprint density at radius 2 is 2.06 bits per heavy atom. The van der Waals surface area contributed by atoms with E-state index in [0.717, 1.165) is 35.4 Å². The lowest BCUT2D eigenvalue weighted by Gasteiger charge is -2.33. The minimum Gasteiger partial charge on any atom is -0.351 e. The third-order valence-electron chi connectivity index (χ3n) is 6.12. The van der Waals surface area contributed by atoms with E-state index in [4.69, 9.17) is 4.98 Å². The second-order valence-electron chi connectivity index (χ2n) is 8.53. The predicted octanol–water partition coefficient (Wildman–Crippen LogP) is 5.86. The SMILES string of the molecule is CCC(C)=Nc1ccc(C2=CCc3nc(NCC4(F)CCC4)ncc32)nc1CCC(F)F. The zero-order valence-electron chi connectivity index (χ0n) is 18.5. The molecule has 32 heavy (non-hydrogen) atoms. The van der Waals surface area contributed by atoms with E-state index in [2.05, 4.69) is 20.3 Å². The molecule has 0 saturated heterocycles. The van der Waals surface area contributed by atoms with Gasteiger partial charge in [-0.1, -0.05) is 13.0 Å². The van der Waals surface area contributed by atoms with Crippen molar-refractivity contribution >= 4 is 22.9 Å². The van der Waals surface area contributed by atoms with Crippen LogP contribution in [0.1, 0.15) is 68.6 Å². The van der Waals surface area contributed by atoms with Crippen LogP contribution in [0.2, 0.25) is 0 Å². The van der Waals surface area contributed by atoms with Gasteiger partial charge in [0.25, 0.3) is 0 Å². The van der Waals surface area contributed by atoms with Crippen LogP contribution < -0.4 is 5.32 Å². The normalized spacial score (nSPS) is 17.2. The van der Waals surface area contributed by atoms with E-state index in [0.29, 0.717) is 42.3 Å². The fourth-order valence-electron chi connectivity index (χ4n) is 3.87. The number of rotatable bonds is 9. The van der Waals surface area contributed by atoms with Crippen LogP contribution in [0.5, 0.6) is 0 Å². The number of aromatic nitrogens is 3. The van der Waals surface area contributed by atoms with Crippen LogP contribution in [-0.2, 0) is 12.8 Å². The van der Waals surface area contributed by atoms with Gasteiger partial charge in [0.2, 0.25) is 12.4 Å². The average molecular weight is 444 g/mol. The van der Waals surface area contributed by atoms with Crippen molar-refractivity contribution in [2.24, 2.45) is 4.99 Å². The van der Waals surface area contributed by atoms with Crippen molar-refractivity contribution in [1.29, 1.82) is 0 Å². The van der Waals surface area contributed by atoms with Crippen LogP contribution in [0, 0.1) is 0 Å². The van der Waals surface area contributed by atoms with E-state index < -0.39 is 12.1 Å². The lowest BCUT2D eigenvalue weighted by Crippen LogP contribution is -2.39. The van der Waals surface area contributed by atoms with Gasteiger partial charge in [-0.15, -0.1) is 0 Å². The molecule has 0 atom stereocenters. The molecule has 0 bridgehead atoms. The van der Waals surface area contributed by atoms with Crippen LogP contribution in [0.3, 0.4) is 0 Å². The number of halogens is 3. The minimum absolute atomic E-state index is 0.159. The maximum absolute atomic E-state index is 14.2. The number of pyridine rings is 1. The van der Waals surface area contributed by atoms with Crippen LogP contribution in [0.4, 0.5) is 24.8 Å². The standard InChI is InChI=1S/C24H28F3N5/c1-3-15(2)30-20-8-7-18(31-21(20)9-10-22(25)26)16-5-6-19-17(16)13-28-23(32-19)29-14-24(27)11-4-12-24/h5,7-8,13,22H,3-4,6,9-12,14H2,1-2H3,(H,28,29,32). The maximum atomic E-state index is 14.2. The number of hydrogen-bond acceptors (Lipinski definition) is 5. The van der Waals surface area contributed by atoms with Crippen molar-refractivity contribution in [3.05, 3.63) is 47.1 Å². The smallest absolute Gasteiger partial charge is 0.239 e. The molecule has 2 aromatic rings. The molecule has 1 N–H and O–H groups in total. The molecule has 2 aliphatic carbocycles. The molecule has 2 aliphatic rings. The summed E-state index contributed by atoms with van der Waals surface area (Å²) in [7, 11) is 0. The summed E-state index contributed by atoms with van der Waals surface area (Å²) in [6.45, 7) is 4.14. The molecular formula is C24H28F3N5. The molecule has 8 heteroatoms. The summed E-state index contributed by atoms with van der Waals surface area (Å²) in [5, 5.41) is 3.02.